The van der Waals surface area contributed by atoms with E-state index >= 15 is 0 Å². The van der Waals surface area contributed by atoms with Crippen LogP contribution in [0.2, 0.25) is 0 Å². The summed E-state index contributed by atoms with van der Waals surface area (Å²) in [5, 5.41) is 13.0. The molecule has 0 heterocycles. The van der Waals surface area contributed by atoms with Gasteiger partial charge in [0.2, 0.25) is 0 Å². The van der Waals surface area contributed by atoms with Crippen molar-refractivity contribution in [1.29, 1.82) is 0 Å². The lowest BCUT2D eigenvalue weighted by Gasteiger charge is -2.20. The maximum Gasteiger partial charge on any atom is 0.122 e. The predicted molar refractivity (Wildman–Crippen MR) is 87.1 cm³/mol. The zero-order chi connectivity index (χ0) is 15.2. The minimum Gasteiger partial charge on any atom is -0.497 e. The van der Waals surface area contributed by atoms with Crippen molar-refractivity contribution in [1.82, 2.24) is 0 Å². The zero-order valence-corrected chi connectivity index (χ0v) is 13.6. The number of halogens is 1. The molecule has 0 fully saturated rings. The third-order valence-corrected chi connectivity index (χ3v) is 3.85. The van der Waals surface area contributed by atoms with Gasteiger partial charge >= 0.3 is 0 Å². The Morgan fingerprint density at radius 1 is 1.10 bits per heavy atom. The number of rotatable bonds is 6. The van der Waals surface area contributed by atoms with Crippen molar-refractivity contribution in [2.45, 2.75) is 6.04 Å². The first-order chi connectivity index (χ1) is 10.2. The van der Waals surface area contributed by atoms with Gasteiger partial charge in [-0.1, -0.05) is 12.1 Å². The lowest BCUT2D eigenvalue weighted by atomic mass is 10.1. The van der Waals surface area contributed by atoms with E-state index in [2.05, 4.69) is 21.2 Å². The number of hydrogen-bond acceptors (Lipinski definition) is 4. The summed E-state index contributed by atoms with van der Waals surface area (Å²) in [7, 11) is 3.21. The highest BCUT2D eigenvalue weighted by Crippen LogP contribution is 2.30. The Morgan fingerprint density at radius 3 is 2.24 bits per heavy atom. The molecular formula is C16H18BrNO3. The largest absolute Gasteiger partial charge is 0.497 e. The van der Waals surface area contributed by atoms with E-state index < -0.39 is 0 Å². The van der Waals surface area contributed by atoms with Crippen molar-refractivity contribution in [3.05, 3.63) is 52.5 Å². The number of nitrogens with one attached hydrogen (secondary N) is 1. The summed E-state index contributed by atoms with van der Waals surface area (Å²) in [5.41, 5.74) is 1.81. The average molecular weight is 352 g/mol. The van der Waals surface area contributed by atoms with Crippen LogP contribution in [0.5, 0.6) is 11.5 Å². The Balaban J connectivity index is 2.31. The van der Waals surface area contributed by atoms with Crippen LogP contribution in [0.25, 0.3) is 0 Å². The molecule has 0 saturated heterocycles. The number of ether oxygens (including phenoxy) is 2. The second-order valence-corrected chi connectivity index (χ2v) is 5.36. The van der Waals surface area contributed by atoms with Gasteiger partial charge in [0, 0.05) is 16.2 Å². The molecule has 2 aromatic carbocycles. The molecule has 0 aliphatic rings. The molecule has 0 aliphatic heterocycles. The molecule has 2 N–H and O–H groups in total. The lowest BCUT2D eigenvalue weighted by molar-refractivity contribution is 0.275. The summed E-state index contributed by atoms with van der Waals surface area (Å²) in [6.45, 7) is -0.0440. The molecule has 0 bridgehead atoms. The summed E-state index contributed by atoms with van der Waals surface area (Å²) in [6.07, 6.45) is 0. The van der Waals surface area contributed by atoms with Crippen molar-refractivity contribution in [2.75, 3.05) is 26.1 Å². The summed E-state index contributed by atoms with van der Waals surface area (Å²) in [5.74, 6) is 1.38. The fourth-order valence-corrected chi connectivity index (χ4v) is 2.43. The highest BCUT2D eigenvalue weighted by molar-refractivity contribution is 9.10. The van der Waals surface area contributed by atoms with Crippen molar-refractivity contribution >= 4 is 21.6 Å². The smallest absolute Gasteiger partial charge is 0.122 e. The van der Waals surface area contributed by atoms with E-state index in [-0.39, 0.29) is 12.6 Å². The van der Waals surface area contributed by atoms with Crippen LogP contribution in [-0.4, -0.2) is 25.9 Å². The van der Waals surface area contributed by atoms with Crippen LogP contribution in [0, 0.1) is 0 Å². The second-order valence-electron chi connectivity index (χ2n) is 4.51. The number of anilines is 1. The topological polar surface area (TPSA) is 50.7 Å². The maximum atomic E-state index is 9.70. The standard InChI is InChI=1S/C16H18BrNO3/c1-20-12-7-11(8-13(9-12)21-2)16(10-19)18-15-6-4-3-5-14(15)17/h3-9,16,18-19H,10H2,1-2H3. The van der Waals surface area contributed by atoms with Crippen molar-refractivity contribution in [3.63, 3.8) is 0 Å². The van der Waals surface area contributed by atoms with E-state index in [1.807, 2.05) is 36.4 Å². The monoisotopic (exact) mass is 351 g/mol. The Bertz CT molecular complexity index is 582. The van der Waals surface area contributed by atoms with Gasteiger partial charge < -0.3 is 19.9 Å². The van der Waals surface area contributed by atoms with Gasteiger partial charge in [-0.2, -0.15) is 0 Å². The van der Waals surface area contributed by atoms with Gasteiger partial charge in [0.1, 0.15) is 11.5 Å². The van der Waals surface area contributed by atoms with E-state index in [1.165, 1.54) is 0 Å². The quantitative estimate of drug-likeness (QED) is 0.834. The summed E-state index contributed by atoms with van der Waals surface area (Å²) < 4.78 is 11.5. The number of methoxy groups -OCH3 is 2. The van der Waals surface area contributed by atoms with Gasteiger partial charge in [0.15, 0.2) is 0 Å². The average Bonchev–Trinajstić information content (AvgIpc) is 2.53. The molecule has 0 radical (unpaired) electrons. The molecule has 5 heteroatoms. The third kappa shape index (κ3) is 3.89. The fourth-order valence-electron chi connectivity index (χ4n) is 2.03. The number of para-hydroxylation sites is 1. The van der Waals surface area contributed by atoms with Crippen LogP contribution in [0.1, 0.15) is 11.6 Å². The number of benzene rings is 2. The summed E-state index contributed by atoms with van der Waals surface area (Å²) in [4.78, 5) is 0. The summed E-state index contributed by atoms with van der Waals surface area (Å²) >= 11 is 3.49. The van der Waals surface area contributed by atoms with Gasteiger partial charge in [-0.05, 0) is 45.8 Å². The van der Waals surface area contributed by atoms with E-state index in [0.29, 0.717) is 11.5 Å². The van der Waals surface area contributed by atoms with Gasteiger partial charge in [0.25, 0.3) is 0 Å². The minimum absolute atomic E-state index is 0.0440. The van der Waals surface area contributed by atoms with Crippen LogP contribution in [-0.2, 0) is 0 Å². The first kappa shape index (κ1) is 15.7. The SMILES string of the molecule is COc1cc(OC)cc(C(CO)Nc2ccccc2Br)c1. The number of aliphatic hydroxyl groups is 1. The molecule has 0 saturated carbocycles. The minimum atomic E-state index is -0.257. The van der Waals surface area contributed by atoms with E-state index in [1.54, 1.807) is 20.3 Å². The van der Waals surface area contributed by atoms with E-state index in [0.717, 1.165) is 15.7 Å². The fraction of sp³-hybridized carbons (Fsp3) is 0.250. The molecular weight excluding hydrogens is 334 g/mol. The number of aliphatic hydroxyl groups excluding tert-OH is 1. The van der Waals surface area contributed by atoms with Gasteiger partial charge in [-0.25, -0.2) is 0 Å². The van der Waals surface area contributed by atoms with Gasteiger partial charge in [-0.15, -0.1) is 0 Å². The number of hydrogen-bond donors (Lipinski definition) is 2. The predicted octanol–water partition coefficient (Wildman–Crippen LogP) is 3.61. The van der Waals surface area contributed by atoms with Gasteiger partial charge in [0.05, 0.1) is 26.9 Å². The molecule has 2 aromatic rings. The third-order valence-electron chi connectivity index (χ3n) is 3.16. The van der Waals surface area contributed by atoms with Crippen LogP contribution < -0.4 is 14.8 Å². The molecule has 4 nitrogen and oxygen atoms in total. The van der Waals surface area contributed by atoms with E-state index in [9.17, 15) is 5.11 Å². The molecule has 112 valence electrons. The molecule has 0 aliphatic carbocycles. The zero-order valence-electron chi connectivity index (χ0n) is 12.0. The Morgan fingerprint density at radius 2 is 1.71 bits per heavy atom. The van der Waals surface area contributed by atoms with Crippen molar-refractivity contribution in [2.24, 2.45) is 0 Å². The Labute approximate surface area is 132 Å². The first-order valence-corrected chi connectivity index (χ1v) is 7.32. The molecule has 0 spiro atoms. The summed E-state index contributed by atoms with van der Waals surface area (Å²) in [6, 6.07) is 13.1. The van der Waals surface area contributed by atoms with Crippen LogP contribution >= 0.6 is 15.9 Å². The Hall–Kier alpha value is -1.72. The van der Waals surface area contributed by atoms with E-state index in [4.69, 9.17) is 9.47 Å². The Kier molecular flexibility index (Phi) is 5.47. The molecule has 2 rings (SSSR count). The van der Waals surface area contributed by atoms with Crippen LogP contribution in [0.3, 0.4) is 0 Å². The van der Waals surface area contributed by atoms with Crippen LogP contribution in [0.4, 0.5) is 5.69 Å². The molecule has 21 heavy (non-hydrogen) atoms. The lowest BCUT2D eigenvalue weighted by Crippen LogP contribution is -2.15. The molecule has 1 atom stereocenters. The first-order valence-electron chi connectivity index (χ1n) is 6.52. The highest BCUT2D eigenvalue weighted by atomic mass is 79.9. The molecule has 1 unspecified atom stereocenters. The van der Waals surface area contributed by atoms with Crippen LogP contribution in [0.15, 0.2) is 46.9 Å². The van der Waals surface area contributed by atoms with Crippen molar-refractivity contribution in [3.8, 4) is 11.5 Å². The van der Waals surface area contributed by atoms with Crippen molar-refractivity contribution < 1.29 is 14.6 Å². The second kappa shape index (κ2) is 7.33. The molecule has 0 amide bonds. The maximum absolute atomic E-state index is 9.70. The normalized spacial score (nSPS) is 11.8. The molecule has 0 aromatic heterocycles. The van der Waals surface area contributed by atoms with Gasteiger partial charge in [-0.3, -0.25) is 0 Å². The highest BCUT2D eigenvalue weighted by Gasteiger charge is 2.14.